The number of carbonyl (C=O) groups excluding carboxylic acids is 1. The van der Waals surface area contributed by atoms with E-state index in [4.69, 9.17) is 9.47 Å². The van der Waals surface area contributed by atoms with E-state index in [1.807, 2.05) is 30.1 Å². The number of nitrogens with one attached hydrogen (secondary N) is 2. The van der Waals surface area contributed by atoms with Crippen LogP contribution >= 0.6 is 0 Å². The molecule has 2 aromatic carbocycles. The first-order valence-electron chi connectivity index (χ1n) is 10.5. The second kappa shape index (κ2) is 9.29. The second-order valence-corrected chi connectivity index (χ2v) is 8.07. The van der Waals surface area contributed by atoms with Crippen molar-refractivity contribution in [3.05, 3.63) is 59.7 Å². The Morgan fingerprint density at radius 3 is 2.34 bits per heavy atom. The van der Waals surface area contributed by atoms with Gasteiger partial charge in [-0.3, -0.25) is 4.79 Å². The Morgan fingerprint density at radius 2 is 1.59 bits per heavy atom. The Balaban J connectivity index is 1.23. The van der Waals surface area contributed by atoms with Crippen molar-refractivity contribution in [3.8, 4) is 11.5 Å². The summed E-state index contributed by atoms with van der Waals surface area (Å²) in [4.78, 5) is 17.5. The lowest BCUT2D eigenvalue weighted by Crippen LogP contribution is -3.28. The second-order valence-electron chi connectivity index (χ2n) is 8.07. The maximum absolute atomic E-state index is 12.7. The SMILES string of the molecule is CN(Cc1ccc2c(c1)OCCO2)C(=O)C[NH+]1CC[NH+](Cc2ccccc2)CC1. The minimum Gasteiger partial charge on any atom is -0.486 e. The molecule has 154 valence electrons. The number of nitrogens with zero attached hydrogens (tertiary/aromatic N) is 1. The third kappa shape index (κ3) is 5.28. The van der Waals surface area contributed by atoms with Crippen LogP contribution in [-0.2, 0) is 17.9 Å². The summed E-state index contributed by atoms with van der Waals surface area (Å²) in [6.45, 7) is 7.73. The molecule has 1 amide bonds. The van der Waals surface area contributed by atoms with Crippen LogP contribution < -0.4 is 19.3 Å². The van der Waals surface area contributed by atoms with Crippen molar-refractivity contribution in [2.45, 2.75) is 13.1 Å². The number of benzene rings is 2. The van der Waals surface area contributed by atoms with Crippen LogP contribution in [0, 0.1) is 0 Å². The fourth-order valence-corrected chi connectivity index (χ4v) is 4.09. The highest BCUT2D eigenvalue weighted by molar-refractivity contribution is 5.76. The van der Waals surface area contributed by atoms with Gasteiger partial charge in [-0.1, -0.05) is 36.4 Å². The summed E-state index contributed by atoms with van der Waals surface area (Å²) < 4.78 is 11.2. The first kappa shape index (κ1) is 19.7. The summed E-state index contributed by atoms with van der Waals surface area (Å²) >= 11 is 0. The number of ether oxygens (including phenoxy) is 2. The molecule has 2 heterocycles. The van der Waals surface area contributed by atoms with Crippen LogP contribution in [0.4, 0.5) is 0 Å². The molecule has 0 spiro atoms. The number of piperazine rings is 1. The highest BCUT2D eigenvalue weighted by Crippen LogP contribution is 2.30. The number of hydrogen-bond donors (Lipinski definition) is 2. The number of hydrogen-bond acceptors (Lipinski definition) is 3. The molecule has 6 heteroatoms. The number of quaternary nitrogens is 2. The highest BCUT2D eigenvalue weighted by Gasteiger charge is 2.26. The third-order valence-corrected chi connectivity index (χ3v) is 5.81. The van der Waals surface area contributed by atoms with E-state index in [0.29, 0.717) is 26.3 Å². The van der Waals surface area contributed by atoms with Crippen LogP contribution in [0.3, 0.4) is 0 Å². The molecule has 6 nitrogen and oxygen atoms in total. The van der Waals surface area contributed by atoms with Crippen molar-refractivity contribution < 1.29 is 24.1 Å². The minimum atomic E-state index is 0.196. The molecule has 2 aliphatic rings. The average Bonchev–Trinajstić information content (AvgIpc) is 2.76. The van der Waals surface area contributed by atoms with Gasteiger partial charge in [0.1, 0.15) is 45.9 Å². The third-order valence-electron chi connectivity index (χ3n) is 5.81. The van der Waals surface area contributed by atoms with E-state index in [-0.39, 0.29) is 5.91 Å². The van der Waals surface area contributed by atoms with Gasteiger partial charge in [-0.25, -0.2) is 0 Å². The summed E-state index contributed by atoms with van der Waals surface area (Å²) in [7, 11) is 1.88. The van der Waals surface area contributed by atoms with Crippen molar-refractivity contribution in [2.24, 2.45) is 0 Å². The van der Waals surface area contributed by atoms with Gasteiger partial charge in [0.2, 0.25) is 0 Å². The van der Waals surface area contributed by atoms with Crippen LogP contribution in [0.1, 0.15) is 11.1 Å². The zero-order valence-electron chi connectivity index (χ0n) is 17.2. The molecule has 0 aromatic heterocycles. The van der Waals surface area contributed by atoms with Gasteiger partial charge in [-0.05, 0) is 17.7 Å². The standard InChI is InChI=1S/C23H29N3O3/c1-24(16-20-7-8-21-22(15-20)29-14-13-28-21)23(27)18-26-11-9-25(10-12-26)17-19-5-3-2-4-6-19/h2-8,15H,9-14,16-18H2,1H3/p+2. The van der Waals surface area contributed by atoms with E-state index in [1.54, 1.807) is 4.90 Å². The molecule has 2 N–H and O–H groups in total. The number of carbonyl (C=O) groups is 1. The van der Waals surface area contributed by atoms with Crippen LogP contribution in [0.2, 0.25) is 0 Å². The Bertz CT molecular complexity index is 819. The molecule has 2 aliphatic heterocycles. The van der Waals surface area contributed by atoms with E-state index in [2.05, 4.69) is 30.3 Å². The van der Waals surface area contributed by atoms with E-state index < -0.39 is 0 Å². The van der Waals surface area contributed by atoms with Gasteiger partial charge in [0.05, 0.1) is 0 Å². The Morgan fingerprint density at radius 1 is 0.897 bits per heavy atom. The first-order valence-corrected chi connectivity index (χ1v) is 10.5. The van der Waals surface area contributed by atoms with Gasteiger partial charge in [-0.15, -0.1) is 0 Å². The zero-order valence-corrected chi connectivity index (χ0v) is 17.2. The molecule has 0 saturated carbocycles. The molecule has 0 aliphatic carbocycles. The first-order chi connectivity index (χ1) is 14.2. The normalized spacial score (nSPS) is 20.9. The fraction of sp³-hybridized carbons (Fsp3) is 0.435. The number of rotatable bonds is 6. The highest BCUT2D eigenvalue weighted by atomic mass is 16.6. The largest absolute Gasteiger partial charge is 0.486 e. The minimum absolute atomic E-state index is 0.196. The van der Waals surface area contributed by atoms with E-state index in [9.17, 15) is 4.79 Å². The average molecular weight is 398 g/mol. The molecule has 0 unspecified atom stereocenters. The van der Waals surface area contributed by atoms with Crippen LogP contribution in [0.25, 0.3) is 0 Å². The van der Waals surface area contributed by atoms with Crippen molar-refractivity contribution in [3.63, 3.8) is 0 Å². The summed E-state index contributed by atoms with van der Waals surface area (Å²) in [6.07, 6.45) is 0. The fourth-order valence-electron chi connectivity index (χ4n) is 4.09. The molecular formula is C23H31N3O3+2. The smallest absolute Gasteiger partial charge is 0.277 e. The van der Waals surface area contributed by atoms with Crippen LogP contribution in [0.15, 0.2) is 48.5 Å². The van der Waals surface area contributed by atoms with Crippen molar-refractivity contribution >= 4 is 5.91 Å². The van der Waals surface area contributed by atoms with E-state index in [0.717, 1.165) is 49.8 Å². The van der Waals surface area contributed by atoms with Gasteiger partial charge < -0.3 is 24.2 Å². The molecule has 29 heavy (non-hydrogen) atoms. The maximum atomic E-state index is 12.7. The van der Waals surface area contributed by atoms with Crippen molar-refractivity contribution in [2.75, 3.05) is 53.0 Å². The number of amides is 1. The van der Waals surface area contributed by atoms with Gasteiger partial charge in [0, 0.05) is 19.2 Å². The summed E-state index contributed by atoms with van der Waals surface area (Å²) in [5.41, 5.74) is 2.46. The topological polar surface area (TPSA) is 47.6 Å². The van der Waals surface area contributed by atoms with E-state index >= 15 is 0 Å². The Kier molecular flexibility index (Phi) is 6.32. The van der Waals surface area contributed by atoms with Gasteiger partial charge in [0.15, 0.2) is 18.0 Å². The van der Waals surface area contributed by atoms with Gasteiger partial charge in [0.25, 0.3) is 5.91 Å². The molecular weight excluding hydrogens is 366 g/mol. The Labute approximate surface area is 172 Å². The molecule has 0 radical (unpaired) electrons. The van der Waals surface area contributed by atoms with Gasteiger partial charge >= 0.3 is 0 Å². The summed E-state index contributed by atoms with van der Waals surface area (Å²) in [6, 6.07) is 16.6. The zero-order chi connectivity index (χ0) is 20.1. The lowest BCUT2D eigenvalue weighted by Gasteiger charge is -2.30. The monoisotopic (exact) mass is 397 g/mol. The van der Waals surface area contributed by atoms with Crippen LogP contribution in [0.5, 0.6) is 11.5 Å². The summed E-state index contributed by atoms with van der Waals surface area (Å²) in [5.74, 6) is 1.76. The molecule has 0 bridgehead atoms. The quantitative estimate of drug-likeness (QED) is 0.685. The van der Waals surface area contributed by atoms with Gasteiger partial charge in [-0.2, -0.15) is 0 Å². The summed E-state index contributed by atoms with van der Waals surface area (Å²) in [5, 5.41) is 0. The van der Waals surface area contributed by atoms with Crippen LogP contribution in [-0.4, -0.2) is 63.8 Å². The lowest BCUT2D eigenvalue weighted by atomic mass is 10.2. The molecule has 4 rings (SSSR count). The predicted molar refractivity (Wildman–Crippen MR) is 110 cm³/mol. The van der Waals surface area contributed by atoms with Crippen molar-refractivity contribution in [1.29, 1.82) is 0 Å². The number of fused-ring (bicyclic) bond motifs is 1. The van der Waals surface area contributed by atoms with Crippen molar-refractivity contribution in [1.82, 2.24) is 4.90 Å². The molecule has 2 aromatic rings. The predicted octanol–water partition coefficient (Wildman–Crippen LogP) is -0.600. The Hall–Kier alpha value is -2.57. The number of likely N-dealkylation sites (N-methyl/N-ethyl adjacent to an activating group) is 1. The maximum Gasteiger partial charge on any atom is 0.277 e. The van der Waals surface area contributed by atoms with E-state index in [1.165, 1.54) is 10.5 Å². The molecule has 1 saturated heterocycles. The molecule has 1 fully saturated rings. The lowest BCUT2D eigenvalue weighted by molar-refractivity contribution is -1.02. The molecule has 0 atom stereocenters.